The molecule has 0 bridgehead atoms. The molecular formula is C8H8BrN3O2. The van der Waals surface area contributed by atoms with Crippen LogP contribution in [0, 0.1) is 0 Å². The Balaban J connectivity index is 2.69. The number of hydrogen-bond donors (Lipinski definition) is 1. The van der Waals surface area contributed by atoms with Gasteiger partial charge in [-0.05, 0) is 22.9 Å². The Hall–Kier alpha value is -1.30. The van der Waals surface area contributed by atoms with E-state index in [0.717, 1.165) is 4.47 Å². The second-order valence-electron chi connectivity index (χ2n) is 2.68. The molecule has 0 spiro atoms. The van der Waals surface area contributed by atoms with Crippen molar-refractivity contribution >= 4 is 26.8 Å². The van der Waals surface area contributed by atoms with Crippen molar-refractivity contribution in [3.63, 3.8) is 0 Å². The lowest BCUT2D eigenvalue weighted by atomic mass is 10.3. The zero-order valence-corrected chi connectivity index (χ0v) is 9.04. The summed E-state index contributed by atoms with van der Waals surface area (Å²) in [5, 5.41) is 4.60. The SMILES string of the molecule is CCOn1cc2c(=O)[nH]cc(Br)c2n1. The maximum atomic E-state index is 11.4. The number of nitrogens with zero attached hydrogens (tertiary/aromatic N) is 2. The molecule has 2 aromatic rings. The molecule has 74 valence electrons. The Morgan fingerprint density at radius 1 is 1.71 bits per heavy atom. The van der Waals surface area contributed by atoms with Crippen molar-refractivity contribution in [1.29, 1.82) is 0 Å². The van der Waals surface area contributed by atoms with Gasteiger partial charge in [0.25, 0.3) is 5.56 Å². The zero-order valence-electron chi connectivity index (χ0n) is 7.45. The molecule has 1 N–H and O–H groups in total. The Morgan fingerprint density at radius 2 is 2.50 bits per heavy atom. The molecule has 2 aromatic heterocycles. The molecule has 0 aliphatic rings. The molecular weight excluding hydrogens is 250 g/mol. The van der Waals surface area contributed by atoms with E-state index < -0.39 is 0 Å². The number of fused-ring (bicyclic) bond motifs is 1. The number of H-pyrrole nitrogens is 1. The van der Waals surface area contributed by atoms with Crippen molar-refractivity contribution in [3.8, 4) is 0 Å². The Labute approximate surface area is 87.8 Å². The van der Waals surface area contributed by atoms with E-state index in [1.54, 1.807) is 12.4 Å². The van der Waals surface area contributed by atoms with E-state index in [4.69, 9.17) is 4.84 Å². The summed E-state index contributed by atoms with van der Waals surface area (Å²) in [6.07, 6.45) is 3.12. The van der Waals surface area contributed by atoms with Crippen molar-refractivity contribution in [3.05, 3.63) is 27.2 Å². The number of halogens is 1. The lowest BCUT2D eigenvalue weighted by Crippen LogP contribution is -2.10. The first-order chi connectivity index (χ1) is 6.72. The number of aromatic nitrogens is 3. The molecule has 14 heavy (non-hydrogen) atoms. The number of rotatable bonds is 2. The van der Waals surface area contributed by atoms with Gasteiger partial charge >= 0.3 is 0 Å². The van der Waals surface area contributed by atoms with Crippen LogP contribution in [0.5, 0.6) is 0 Å². The maximum Gasteiger partial charge on any atom is 0.259 e. The van der Waals surface area contributed by atoms with Gasteiger partial charge in [-0.2, -0.15) is 0 Å². The molecule has 0 amide bonds. The first kappa shape index (κ1) is 9.26. The van der Waals surface area contributed by atoms with Crippen molar-refractivity contribution < 1.29 is 4.84 Å². The summed E-state index contributed by atoms with van der Waals surface area (Å²) in [5.74, 6) is 0. The molecule has 0 radical (unpaired) electrons. The minimum atomic E-state index is -0.172. The van der Waals surface area contributed by atoms with Gasteiger partial charge in [-0.1, -0.05) is 0 Å². The molecule has 0 aromatic carbocycles. The van der Waals surface area contributed by atoms with Gasteiger partial charge in [0.2, 0.25) is 0 Å². The fraction of sp³-hybridized carbons (Fsp3) is 0.250. The maximum absolute atomic E-state index is 11.4. The van der Waals surface area contributed by atoms with Gasteiger partial charge in [-0.15, -0.1) is 9.94 Å². The number of pyridine rings is 1. The first-order valence-corrected chi connectivity index (χ1v) is 4.91. The van der Waals surface area contributed by atoms with Crippen LogP contribution >= 0.6 is 15.9 Å². The molecule has 0 aliphatic carbocycles. The van der Waals surface area contributed by atoms with E-state index in [1.807, 2.05) is 6.92 Å². The van der Waals surface area contributed by atoms with Crippen molar-refractivity contribution in [2.24, 2.45) is 0 Å². The van der Waals surface area contributed by atoms with Crippen LogP contribution < -0.4 is 10.4 Å². The normalized spacial score (nSPS) is 10.7. The third-order valence-corrected chi connectivity index (χ3v) is 2.36. The standard InChI is InChI=1S/C8H8BrN3O2/c1-2-14-12-4-5-7(11-12)6(9)3-10-8(5)13/h3-4H,2H2,1H3,(H,10,13). The summed E-state index contributed by atoms with van der Waals surface area (Å²) in [5.41, 5.74) is 0.427. The van der Waals surface area contributed by atoms with Crippen LogP contribution in [0.2, 0.25) is 0 Å². The third kappa shape index (κ3) is 1.41. The quantitative estimate of drug-likeness (QED) is 0.871. The summed E-state index contributed by atoms with van der Waals surface area (Å²) in [6, 6.07) is 0. The fourth-order valence-electron chi connectivity index (χ4n) is 1.17. The highest BCUT2D eigenvalue weighted by atomic mass is 79.9. The Kier molecular flexibility index (Phi) is 2.28. The summed E-state index contributed by atoms with van der Waals surface area (Å²) < 4.78 is 0.741. The monoisotopic (exact) mass is 257 g/mol. The third-order valence-electron chi connectivity index (χ3n) is 1.76. The number of nitrogens with one attached hydrogen (secondary N) is 1. The van der Waals surface area contributed by atoms with E-state index in [1.165, 1.54) is 4.85 Å². The molecule has 0 saturated carbocycles. The molecule has 0 unspecified atom stereocenters. The van der Waals surface area contributed by atoms with E-state index >= 15 is 0 Å². The summed E-state index contributed by atoms with van der Waals surface area (Å²) >= 11 is 3.29. The van der Waals surface area contributed by atoms with E-state index in [0.29, 0.717) is 17.5 Å². The van der Waals surface area contributed by atoms with Crippen molar-refractivity contribution in [2.75, 3.05) is 6.61 Å². The average molecular weight is 258 g/mol. The molecule has 6 heteroatoms. The second kappa shape index (κ2) is 3.45. The highest BCUT2D eigenvalue weighted by Crippen LogP contribution is 2.17. The number of hydrogen-bond acceptors (Lipinski definition) is 3. The van der Waals surface area contributed by atoms with Gasteiger partial charge in [-0.25, -0.2) is 0 Å². The van der Waals surface area contributed by atoms with Crippen LogP contribution in [-0.4, -0.2) is 21.5 Å². The van der Waals surface area contributed by atoms with Crippen LogP contribution in [0.3, 0.4) is 0 Å². The summed E-state index contributed by atoms with van der Waals surface area (Å²) in [6.45, 7) is 2.36. The van der Waals surface area contributed by atoms with Crippen LogP contribution in [0.1, 0.15) is 6.92 Å². The lowest BCUT2D eigenvalue weighted by molar-refractivity contribution is 0.0944. The number of aromatic amines is 1. The predicted molar refractivity (Wildman–Crippen MR) is 55.2 cm³/mol. The smallest absolute Gasteiger partial charge is 0.259 e. The summed E-state index contributed by atoms with van der Waals surface area (Å²) in [7, 11) is 0. The highest BCUT2D eigenvalue weighted by Gasteiger charge is 2.07. The fourth-order valence-corrected chi connectivity index (χ4v) is 1.58. The second-order valence-corrected chi connectivity index (χ2v) is 3.53. The van der Waals surface area contributed by atoms with Crippen molar-refractivity contribution in [1.82, 2.24) is 14.9 Å². The molecule has 0 atom stereocenters. The minimum Gasteiger partial charge on any atom is -0.397 e. The van der Waals surface area contributed by atoms with Crippen molar-refractivity contribution in [2.45, 2.75) is 6.92 Å². The average Bonchev–Trinajstić information content (AvgIpc) is 2.57. The molecule has 2 heterocycles. The molecule has 0 fully saturated rings. The van der Waals surface area contributed by atoms with Crippen LogP contribution in [0.25, 0.3) is 10.9 Å². The Bertz CT molecular complexity index is 517. The predicted octanol–water partition coefficient (Wildman–Crippen LogP) is 0.936. The van der Waals surface area contributed by atoms with Crippen LogP contribution in [0.4, 0.5) is 0 Å². The summed E-state index contributed by atoms with van der Waals surface area (Å²) in [4.78, 5) is 20.4. The van der Waals surface area contributed by atoms with E-state index in [-0.39, 0.29) is 5.56 Å². The van der Waals surface area contributed by atoms with Crippen LogP contribution in [0.15, 0.2) is 21.7 Å². The highest BCUT2D eigenvalue weighted by molar-refractivity contribution is 9.10. The van der Waals surface area contributed by atoms with Gasteiger partial charge < -0.3 is 9.82 Å². The van der Waals surface area contributed by atoms with E-state index in [2.05, 4.69) is 26.0 Å². The molecule has 5 nitrogen and oxygen atoms in total. The molecule has 2 rings (SSSR count). The van der Waals surface area contributed by atoms with Gasteiger partial charge in [0, 0.05) is 6.20 Å². The molecule has 0 saturated heterocycles. The van der Waals surface area contributed by atoms with Gasteiger partial charge in [-0.3, -0.25) is 4.79 Å². The zero-order chi connectivity index (χ0) is 10.1. The van der Waals surface area contributed by atoms with Gasteiger partial charge in [0.1, 0.15) is 12.1 Å². The van der Waals surface area contributed by atoms with Gasteiger partial charge in [0.15, 0.2) is 0 Å². The topological polar surface area (TPSA) is 59.9 Å². The first-order valence-electron chi connectivity index (χ1n) is 4.12. The Morgan fingerprint density at radius 3 is 3.14 bits per heavy atom. The largest absolute Gasteiger partial charge is 0.397 e. The van der Waals surface area contributed by atoms with Gasteiger partial charge in [0.05, 0.1) is 16.1 Å². The lowest BCUT2D eigenvalue weighted by Gasteiger charge is -1.97. The van der Waals surface area contributed by atoms with E-state index in [9.17, 15) is 4.79 Å². The minimum absolute atomic E-state index is 0.172. The molecule has 0 aliphatic heterocycles. The van der Waals surface area contributed by atoms with Crippen LogP contribution in [-0.2, 0) is 0 Å².